The van der Waals surface area contributed by atoms with E-state index in [0.29, 0.717) is 5.02 Å². The van der Waals surface area contributed by atoms with Gasteiger partial charge >= 0.3 is 0 Å². The van der Waals surface area contributed by atoms with Gasteiger partial charge in [0.1, 0.15) is 5.75 Å². The Hall–Kier alpha value is -0.420. The molecule has 0 saturated carbocycles. The van der Waals surface area contributed by atoms with Crippen molar-refractivity contribution in [3.63, 3.8) is 0 Å². The van der Waals surface area contributed by atoms with Gasteiger partial charge in [-0.2, -0.15) is 11.8 Å². The van der Waals surface area contributed by atoms with Gasteiger partial charge in [0, 0.05) is 21.1 Å². The minimum Gasteiger partial charge on any atom is -0.496 e. The third-order valence-electron chi connectivity index (χ3n) is 2.45. The van der Waals surface area contributed by atoms with Crippen LogP contribution in [0.25, 0.3) is 0 Å². The predicted octanol–water partition coefficient (Wildman–Crippen LogP) is 3.38. The third-order valence-corrected chi connectivity index (χ3v) is 4.05. The molecule has 0 aliphatic carbocycles. The molecule has 0 saturated heterocycles. The van der Waals surface area contributed by atoms with Crippen molar-refractivity contribution in [2.75, 3.05) is 12.9 Å². The van der Waals surface area contributed by atoms with E-state index in [9.17, 15) is 0 Å². The lowest BCUT2D eigenvalue weighted by Crippen LogP contribution is -2.31. The van der Waals surface area contributed by atoms with Crippen molar-refractivity contribution in [1.82, 2.24) is 5.43 Å². The fourth-order valence-electron chi connectivity index (χ4n) is 1.54. The summed E-state index contributed by atoms with van der Waals surface area (Å²) in [7, 11) is 1.65. The number of hydrazine groups is 1. The van der Waals surface area contributed by atoms with Crippen LogP contribution in [0, 0.1) is 0 Å². The molecule has 1 rings (SSSR count). The van der Waals surface area contributed by atoms with Gasteiger partial charge in [0.2, 0.25) is 0 Å². The highest BCUT2D eigenvalue weighted by molar-refractivity contribution is 8.00. The Morgan fingerprint density at radius 1 is 1.44 bits per heavy atom. The second-order valence-electron chi connectivity index (χ2n) is 5.03. The number of hydrogen-bond acceptors (Lipinski definition) is 4. The number of ether oxygens (including phenoxy) is 1. The van der Waals surface area contributed by atoms with E-state index < -0.39 is 0 Å². The van der Waals surface area contributed by atoms with Crippen LogP contribution in [0.2, 0.25) is 5.02 Å². The average molecular weight is 289 g/mol. The first-order valence-corrected chi connectivity index (χ1v) is 7.17. The molecule has 1 aromatic rings. The van der Waals surface area contributed by atoms with E-state index in [-0.39, 0.29) is 10.8 Å². The van der Waals surface area contributed by atoms with Gasteiger partial charge in [-0.15, -0.1) is 0 Å². The minimum absolute atomic E-state index is 0.0166. The number of nitrogens with one attached hydrogen (secondary N) is 1. The van der Waals surface area contributed by atoms with E-state index in [1.807, 2.05) is 30.0 Å². The van der Waals surface area contributed by atoms with Gasteiger partial charge in [-0.25, -0.2) is 0 Å². The Bertz CT molecular complexity index is 393. The van der Waals surface area contributed by atoms with E-state index in [1.54, 1.807) is 7.11 Å². The molecule has 0 amide bonds. The molecule has 0 radical (unpaired) electrons. The number of rotatable bonds is 5. The number of hydrogen-bond donors (Lipinski definition) is 2. The number of halogens is 1. The molecule has 1 unspecified atom stereocenters. The second kappa shape index (κ2) is 6.66. The predicted molar refractivity (Wildman–Crippen MR) is 80.3 cm³/mol. The van der Waals surface area contributed by atoms with Crippen molar-refractivity contribution in [3.8, 4) is 5.75 Å². The molecule has 0 aromatic heterocycles. The maximum Gasteiger partial charge on any atom is 0.123 e. The zero-order valence-corrected chi connectivity index (χ0v) is 12.9. The van der Waals surface area contributed by atoms with Gasteiger partial charge in [-0.3, -0.25) is 11.3 Å². The molecule has 1 atom stereocenters. The normalized spacial score (nSPS) is 13.4. The quantitative estimate of drug-likeness (QED) is 0.644. The fraction of sp³-hybridized carbons (Fsp3) is 0.538. The molecule has 18 heavy (non-hydrogen) atoms. The van der Waals surface area contributed by atoms with Gasteiger partial charge < -0.3 is 4.74 Å². The van der Waals surface area contributed by atoms with E-state index in [1.165, 1.54) is 0 Å². The highest BCUT2D eigenvalue weighted by Gasteiger charge is 2.19. The highest BCUT2D eigenvalue weighted by Crippen LogP contribution is 2.33. The summed E-state index contributed by atoms with van der Waals surface area (Å²) in [4.78, 5) is 0. The van der Waals surface area contributed by atoms with E-state index >= 15 is 0 Å². The number of nitrogens with two attached hydrogens (primary N) is 1. The van der Waals surface area contributed by atoms with E-state index in [2.05, 4.69) is 26.2 Å². The van der Waals surface area contributed by atoms with Crippen LogP contribution in [-0.2, 0) is 0 Å². The van der Waals surface area contributed by atoms with Crippen molar-refractivity contribution < 1.29 is 4.74 Å². The zero-order chi connectivity index (χ0) is 13.8. The smallest absolute Gasteiger partial charge is 0.123 e. The fourth-order valence-corrected chi connectivity index (χ4v) is 2.66. The molecule has 0 aliphatic rings. The standard InChI is InChI=1S/C13H21ClN2OS/c1-13(2,3)18-8-11(16-15)10-7-9(14)5-6-12(10)17-4/h5-7,11,16H,8,15H2,1-4H3. The van der Waals surface area contributed by atoms with Crippen LogP contribution < -0.4 is 16.0 Å². The Morgan fingerprint density at radius 3 is 2.61 bits per heavy atom. The van der Waals surface area contributed by atoms with E-state index in [4.69, 9.17) is 22.2 Å². The molecule has 0 fully saturated rings. The van der Waals surface area contributed by atoms with Gasteiger partial charge in [0.25, 0.3) is 0 Å². The SMILES string of the molecule is COc1ccc(Cl)cc1C(CSC(C)(C)C)NN. The average Bonchev–Trinajstić information content (AvgIpc) is 2.28. The molecule has 5 heteroatoms. The third kappa shape index (κ3) is 4.69. The Labute approximate surface area is 118 Å². The largest absolute Gasteiger partial charge is 0.496 e. The van der Waals surface area contributed by atoms with Crippen LogP contribution in [0.1, 0.15) is 32.4 Å². The summed E-state index contributed by atoms with van der Waals surface area (Å²) < 4.78 is 5.55. The Morgan fingerprint density at radius 2 is 2.11 bits per heavy atom. The van der Waals surface area contributed by atoms with Crippen LogP contribution in [0.4, 0.5) is 0 Å². The summed E-state index contributed by atoms with van der Waals surface area (Å²) >= 11 is 7.88. The number of thioether (sulfide) groups is 1. The van der Waals surface area contributed by atoms with Crippen molar-refractivity contribution in [2.45, 2.75) is 31.6 Å². The summed E-state index contributed by atoms with van der Waals surface area (Å²) in [5.41, 5.74) is 3.82. The van der Waals surface area contributed by atoms with Crippen molar-refractivity contribution in [3.05, 3.63) is 28.8 Å². The van der Waals surface area contributed by atoms with Crippen LogP contribution in [0.3, 0.4) is 0 Å². The van der Waals surface area contributed by atoms with Crippen LogP contribution in [0.15, 0.2) is 18.2 Å². The summed E-state index contributed by atoms with van der Waals surface area (Å²) in [5, 5.41) is 0.687. The molecule has 3 nitrogen and oxygen atoms in total. The van der Waals surface area contributed by atoms with Gasteiger partial charge in [-0.1, -0.05) is 32.4 Å². The molecular weight excluding hydrogens is 268 g/mol. The minimum atomic E-state index is 0.0166. The first kappa shape index (κ1) is 15.6. The highest BCUT2D eigenvalue weighted by atomic mass is 35.5. The lowest BCUT2D eigenvalue weighted by Gasteiger charge is -2.24. The topological polar surface area (TPSA) is 47.3 Å². The lowest BCUT2D eigenvalue weighted by atomic mass is 10.1. The lowest BCUT2D eigenvalue weighted by molar-refractivity contribution is 0.403. The second-order valence-corrected chi connectivity index (χ2v) is 7.31. The van der Waals surface area contributed by atoms with Crippen LogP contribution in [-0.4, -0.2) is 17.6 Å². The summed E-state index contributed by atoms with van der Waals surface area (Å²) in [6.45, 7) is 6.54. The number of methoxy groups -OCH3 is 1. The molecule has 3 N–H and O–H groups in total. The van der Waals surface area contributed by atoms with Gasteiger partial charge in [0.05, 0.1) is 13.2 Å². The van der Waals surface area contributed by atoms with Gasteiger partial charge in [0.15, 0.2) is 0 Å². The molecule has 0 aliphatic heterocycles. The molecule has 0 bridgehead atoms. The van der Waals surface area contributed by atoms with Gasteiger partial charge in [-0.05, 0) is 18.2 Å². The summed E-state index contributed by atoms with van der Waals surface area (Å²) in [5.74, 6) is 7.31. The first-order chi connectivity index (χ1) is 8.37. The van der Waals surface area contributed by atoms with Crippen LogP contribution >= 0.6 is 23.4 Å². The maximum absolute atomic E-state index is 6.03. The van der Waals surface area contributed by atoms with Crippen molar-refractivity contribution >= 4 is 23.4 Å². The van der Waals surface area contributed by atoms with Crippen molar-refractivity contribution in [2.24, 2.45) is 5.84 Å². The molecule has 0 spiro atoms. The van der Waals surface area contributed by atoms with Crippen molar-refractivity contribution in [1.29, 1.82) is 0 Å². The number of benzene rings is 1. The summed E-state index contributed by atoms with van der Waals surface area (Å²) in [6, 6.07) is 5.59. The monoisotopic (exact) mass is 288 g/mol. The van der Waals surface area contributed by atoms with Crippen LogP contribution in [0.5, 0.6) is 5.75 Å². The molecule has 0 heterocycles. The molecular formula is C13H21ClN2OS. The Kier molecular flexibility index (Phi) is 5.79. The molecule has 102 valence electrons. The van der Waals surface area contributed by atoms with E-state index in [0.717, 1.165) is 17.1 Å². The zero-order valence-electron chi connectivity index (χ0n) is 11.3. The molecule has 1 aromatic carbocycles. The first-order valence-electron chi connectivity index (χ1n) is 5.81. The summed E-state index contributed by atoms with van der Waals surface area (Å²) in [6.07, 6.45) is 0. The maximum atomic E-state index is 6.03. The Balaban J connectivity index is 2.90.